The minimum absolute atomic E-state index is 0.369. The van der Waals surface area contributed by atoms with Gasteiger partial charge in [0, 0.05) is 5.56 Å². The average Bonchev–Trinajstić information content (AvgIpc) is 2.09. The molecule has 0 bridgehead atoms. The van der Waals surface area contributed by atoms with Gasteiger partial charge in [-0.2, -0.15) is 4.39 Å². The maximum atomic E-state index is 13.0. The molecule has 0 unspecified atom stereocenters. The monoisotopic (exact) mass is 217 g/mol. The average molecular weight is 217 g/mol. The van der Waals surface area contributed by atoms with Crippen molar-refractivity contribution >= 4 is 11.7 Å². The fourth-order valence-corrected chi connectivity index (χ4v) is 1.02. The summed E-state index contributed by atoms with van der Waals surface area (Å²) in [5.41, 5.74) is -1.44. The van der Waals surface area contributed by atoms with Crippen LogP contribution in [0.25, 0.3) is 0 Å². The minimum atomic E-state index is -1.35. The topological polar surface area (TPSA) is 80.4 Å². The van der Waals surface area contributed by atoms with E-state index in [1.165, 1.54) is 0 Å². The zero-order valence-electron chi connectivity index (χ0n) is 7.24. The number of carboxylic acid groups (broad SMARTS) is 1. The maximum Gasteiger partial charge on any atom is 0.307 e. The molecule has 1 N–H and O–H groups in total. The second-order valence-corrected chi connectivity index (χ2v) is 2.72. The van der Waals surface area contributed by atoms with Crippen molar-refractivity contribution in [3.63, 3.8) is 0 Å². The molecule has 15 heavy (non-hydrogen) atoms. The number of hydrogen-bond acceptors (Lipinski definition) is 3. The summed E-state index contributed by atoms with van der Waals surface area (Å²) < 4.78 is 25.9. The Morgan fingerprint density at radius 1 is 1.40 bits per heavy atom. The first-order chi connectivity index (χ1) is 6.91. The van der Waals surface area contributed by atoms with Crippen LogP contribution in [0.5, 0.6) is 0 Å². The number of carbonyl (C=O) groups is 1. The van der Waals surface area contributed by atoms with Crippen LogP contribution in [-0.4, -0.2) is 16.0 Å². The van der Waals surface area contributed by atoms with Gasteiger partial charge in [-0.25, -0.2) is 4.39 Å². The van der Waals surface area contributed by atoms with Crippen molar-refractivity contribution in [3.8, 4) is 0 Å². The van der Waals surface area contributed by atoms with E-state index in [1.807, 2.05) is 0 Å². The van der Waals surface area contributed by atoms with Crippen LogP contribution in [0.15, 0.2) is 12.1 Å². The molecule has 5 nitrogen and oxygen atoms in total. The molecular weight excluding hydrogens is 212 g/mol. The zero-order chi connectivity index (χ0) is 11.6. The van der Waals surface area contributed by atoms with Crippen molar-refractivity contribution in [2.75, 3.05) is 0 Å². The summed E-state index contributed by atoms with van der Waals surface area (Å²) in [6.45, 7) is 0. The van der Waals surface area contributed by atoms with E-state index in [2.05, 4.69) is 0 Å². The number of halogens is 2. The number of nitro benzene ring substituents is 1. The van der Waals surface area contributed by atoms with Gasteiger partial charge in [0.05, 0.1) is 17.4 Å². The van der Waals surface area contributed by atoms with Crippen LogP contribution in [-0.2, 0) is 11.2 Å². The number of nitro groups is 1. The standard InChI is InChI=1S/C8H5F2NO4/c9-5-3-7(11(14)15)6(10)1-4(5)2-8(12)13/h1,3H,2H2,(H,12,13). The van der Waals surface area contributed by atoms with Gasteiger partial charge in [0.15, 0.2) is 0 Å². The lowest BCUT2D eigenvalue weighted by atomic mass is 10.1. The van der Waals surface area contributed by atoms with Crippen molar-refractivity contribution in [2.45, 2.75) is 6.42 Å². The molecule has 0 amide bonds. The van der Waals surface area contributed by atoms with Gasteiger partial charge in [0.1, 0.15) is 5.82 Å². The smallest absolute Gasteiger partial charge is 0.307 e. The molecule has 0 atom stereocenters. The highest BCUT2D eigenvalue weighted by Gasteiger charge is 2.19. The van der Waals surface area contributed by atoms with Crippen LogP contribution >= 0.6 is 0 Å². The lowest BCUT2D eigenvalue weighted by molar-refractivity contribution is -0.387. The fraction of sp³-hybridized carbons (Fsp3) is 0.125. The van der Waals surface area contributed by atoms with E-state index in [0.29, 0.717) is 12.1 Å². The van der Waals surface area contributed by atoms with Gasteiger partial charge in [-0.05, 0) is 6.07 Å². The molecule has 0 aliphatic rings. The molecule has 1 aromatic rings. The van der Waals surface area contributed by atoms with Crippen LogP contribution in [0.2, 0.25) is 0 Å². The van der Waals surface area contributed by atoms with Crippen molar-refractivity contribution in [3.05, 3.63) is 39.4 Å². The molecule has 0 aliphatic heterocycles. The highest BCUT2D eigenvalue weighted by atomic mass is 19.1. The van der Waals surface area contributed by atoms with E-state index in [-0.39, 0.29) is 0 Å². The van der Waals surface area contributed by atoms with Gasteiger partial charge >= 0.3 is 11.7 Å². The Morgan fingerprint density at radius 2 is 2.00 bits per heavy atom. The minimum Gasteiger partial charge on any atom is -0.481 e. The van der Waals surface area contributed by atoms with Crippen molar-refractivity contribution < 1.29 is 23.6 Å². The number of hydrogen-bond donors (Lipinski definition) is 1. The summed E-state index contributed by atoms with van der Waals surface area (Å²) in [6, 6.07) is 0.884. The molecular formula is C8H5F2NO4. The molecule has 1 rings (SSSR count). The second-order valence-electron chi connectivity index (χ2n) is 2.72. The van der Waals surface area contributed by atoms with E-state index < -0.39 is 40.2 Å². The Bertz CT molecular complexity index is 433. The molecule has 0 aromatic heterocycles. The molecule has 80 valence electrons. The number of nitrogens with zero attached hydrogens (tertiary/aromatic N) is 1. The summed E-state index contributed by atoms with van der Waals surface area (Å²) in [6.07, 6.45) is -0.721. The quantitative estimate of drug-likeness (QED) is 0.614. The SMILES string of the molecule is O=C(O)Cc1cc(F)c([N+](=O)[O-])cc1F. The van der Waals surface area contributed by atoms with Gasteiger partial charge in [-0.3, -0.25) is 14.9 Å². The first kappa shape index (κ1) is 11.0. The van der Waals surface area contributed by atoms with E-state index >= 15 is 0 Å². The predicted octanol–water partition coefficient (Wildman–Crippen LogP) is 1.50. The lowest BCUT2D eigenvalue weighted by Gasteiger charge is -2.00. The number of carboxylic acids is 1. The first-order valence-electron chi connectivity index (χ1n) is 3.76. The number of aliphatic carboxylic acids is 1. The third-order valence-corrected chi connectivity index (χ3v) is 1.65. The van der Waals surface area contributed by atoms with Gasteiger partial charge in [-0.1, -0.05) is 0 Å². The van der Waals surface area contributed by atoms with E-state index in [0.717, 1.165) is 0 Å². The van der Waals surface area contributed by atoms with Crippen LogP contribution in [0.3, 0.4) is 0 Å². The largest absolute Gasteiger partial charge is 0.481 e. The Morgan fingerprint density at radius 3 is 2.47 bits per heavy atom. The van der Waals surface area contributed by atoms with Crippen molar-refractivity contribution in [1.82, 2.24) is 0 Å². The second kappa shape index (κ2) is 3.99. The maximum absolute atomic E-state index is 13.0. The molecule has 0 heterocycles. The van der Waals surface area contributed by atoms with E-state index in [4.69, 9.17) is 5.11 Å². The molecule has 7 heteroatoms. The van der Waals surface area contributed by atoms with Crippen LogP contribution in [0.4, 0.5) is 14.5 Å². The number of benzene rings is 1. The normalized spacial score (nSPS) is 10.0. The Kier molecular flexibility index (Phi) is 2.93. The summed E-state index contributed by atoms with van der Waals surface area (Å²) in [7, 11) is 0. The van der Waals surface area contributed by atoms with Crippen LogP contribution in [0, 0.1) is 21.7 Å². The third-order valence-electron chi connectivity index (χ3n) is 1.65. The summed E-state index contributed by atoms with van der Waals surface area (Å²) in [4.78, 5) is 19.3. The molecule has 0 fully saturated rings. The lowest BCUT2D eigenvalue weighted by Crippen LogP contribution is -2.04. The van der Waals surface area contributed by atoms with Gasteiger partial charge in [0.2, 0.25) is 5.82 Å². The predicted molar refractivity (Wildman–Crippen MR) is 44.4 cm³/mol. The summed E-state index contributed by atoms with van der Waals surface area (Å²) >= 11 is 0. The van der Waals surface area contributed by atoms with Crippen LogP contribution in [0.1, 0.15) is 5.56 Å². The van der Waals surface area contributed by atoms with Crippen LogP contribution < -0.4 is 0 Å². The Labute approximate surface area is 82.1 Å². The van der Waals surface area contributed by atoms with E-state index in [1.54, 1.807) is 0 Å². The van der Waals surface area contributed by atoms with Crippen molar-refractivity contribution in [2.24, 2.45) is 0 Å². The van der Waals surface area contributed by atoms with Gasteiger partial charge < -0.3 is 5.11 Å². The van der Waals surface area contributed by atoms with Crippen molar-refractivity contribution in [1.29, 1.82) is 0 Å². The summed E-state index contributed by atoms with van der Waals surface area (Å²) in [5.74, 6) is -3.70. The Hall–Kier alpha value is -2.05. The molecule has 0 saturated carbocycles. The molecule has 0 aliphatic carbocycles. The Balaban J connectivity index is 3.19. The third kappa shape index (κ3) is 2.46. The van der Waals surface area contributed by atoms with Gasteiger partial charge in [-0.15, -0.1) is 0 Å². The number of rotatable bonds is 3. The van der Waals surface area contributed by atoms with Gasteiger partial charge in [0.25, 0.3) is 0 Å². The summed E-state index contributed by atoms with van der Waals surface area (Å²) in [5, 5.41) is 18.5. The van der Waals surface area contributed by atoms with E-state index in [9.17, 15) is 23.7 Å². The molecule has 0 spiro atoms. The zero-order valence-corrected chi connectivity index (χ0v) is 7.24. The fourth-order valence-electron chi connectivity index (χ4n) is 1.02. The molecule has 0 radical (unpaired) electrons. The highest BCUT2D eigenvalue weighted by Crippen LogP contribution is 2.21. The first-order valence-corrected chi connectivity index (χ1v) is 3.76. The molecule has 0 saturated heterocycles. The highest BCUT2D eigenvalue weighted by molar-refractivity contribution is 5.70. The molecule has 1 aromatic carbocycles.